The minimum atomic E-state index is -0.0712. The molecule has 0 aromatic heterocycles. The number of methoxy groups -OCH3 is 1. The third-order valence-corrected chi connectivity index (χ3v) is 2.44. The fraction of sp³-hybridized carbons (Fsp3) is 0.900. The number of ether oxygens (including phenoxy) is 1. The summed E-state index contributed by atoms with van der Waals surface area (Å²) in [5, 5.41) is 0. The fourth-order valence-electron chi connectivity index (χ4n) is 1.92. The van der Waals surface area contributed by atoms with Crippen LogP contribution in [0.1, 0.15) is 26.7 Å². The monoisotopic (exact) mass is 185 g/mol. The van der Waals surface area contributed by atoms with Gasteiger partial charge < -0.3 is 4.74 Å². The first kappa shape index (κ1) is 10.5. The molecule has 0 saturated carbocycles. The van der Waals surface area contributed by atoms with Gasteiger partial charge in [-0.1, -0.05) is 13.8 Å². The number of likely N-dealkylation sites (tertiary alicyclic amines) is 1. The van der Waals surface area contributed by atoms with E-state index in [0.717, 1.165) is 25.9 Å². The predicted octanol–water partition coefficient (Wildman–Crippen LogP) is 1.28. The molecule has 0 unspecified atom stereocenters. The lowest BCUT2D eigenvalue weighted by molar-refractivity contribution is -0.145. The highest BCUT2D eigenvalue weighted by Gasteiger charge is 2.31. The standard InChI is InChI=1S/C10H19NO2/c1-8(2)7-11-6-4-5-9(11)10(12)13-3/h8-9H,4-7H2,1-3H3/t9-/m1/s1. The predicted molar refractivity (Wildman–Crippen MR) is 51.4 cm³/mol. The molecule has 3 heteroatoms. The Morgan fingerprint density at radius 2 is 2.31 bits per heavy atom. The molecule has 1 atom stereocenters. The van der Waals surface area contributed by atoms with Crippen molar-refractivity contribution in [1.29, 1.82) is 0 Å². The molecule has 1 saturated heterocycles. The van der Waals surface area contributed by atoms with Crippen LogP contribution in [0.15, 0.2) is 0 Å². The molecule has 1 aliphatic heterocycles. The fourth-order valence-corrected chi connectivity index (χ4v) is 1.92. The molecule has 76 valence electrons. The van der Waals surface area contributed by atoms with Gasteiger partial charge >= 0.3 is 5.97 Å². The van der Waals surface area contributed by atoms with Gasteiger partial charge in [0, 0.05) is 6.54 Å². The van der Waals surface area contributed by atoms with Gasteiger partial charge in [0.2, 0.25) is 0 Å². The smallest absolute Gasteiger partial charge is 0.323 e. The number of esters is 1. The van der Waals surface area contributed by atoms with E-state index in [0.29, 0.717) is 5.92 Å². The third kappa shape index (κ3) is 2.69. The Kier molecular flexibility index (Phi) is 3.72. The van der Waals surface area contributed by atoms with E-state index in [2.05, 4.69) is 18.7 Å². The summed E-state index contributed by atoms with van der Waals surface area (Å²) in [7, 11) is 1.47. The van der Waals surface area contributed by atoms with Crippen molar-refractivity contribution in [3.63, 3.8) is 0 Å². The number of nitrogens with zero attached hydrogens (tertiary/aromatic N) is 1. The van der Waals surface area contributed by atoms with Crippen LogP contribution in [0.2, 0.25) is 0 Å². The second-order valence-corrected chi connectivity index (χ2v) is 4.07. The molecule has 0 bridgehead atoms. The second-order valence-electron chi connectivity index (χ2n) is 4.07. The normalized spacial score (nSPS) is 23.8. The molecular weight excluding hydrogens is 166 g/mol. The Hall–Kier alpha value is -0.570. The zero-order valence-corrected chi connectivity index (χ0v) is 8.75. The molecule has 0 aromatic carbocycles. The van der Waals surface area contributed by atoms with Gasteiger partial charge in [0.1, 0.15) is 6.04 Å². The van der Waals surface area contributed by atoms with Crippen molar-refractivity contribution >= 4 is 5.97 Å². The summed E-state index contributed by atoms with van der Waals surface area (Å²) in [5.41, 5.74) is 0. The van der Waals surface area contributed by atoms with Crippen LogP contribution in [0, 0.1) is 5.92 Å². The maximum Gasteiger partial charge on any atom is 0.323 e. The zero-order valence-electron chi connectivity index (χ0n) is 8.75. The molecule has 3 nitrogen and oxygen atoms in total. The summed E-state index contributed by atoms with van der Waals surface area (Å²) in [6, 6.07) is 0.0207. The quantitative estimate of drug-likeness (QED) is 0.620. The van der Waals surface area contributed by atoms with Crippen LogP contribution in [-0.2, 0) is 9.53 Å². The molecule has 13 heavy (non-hydrogen) atoms. The summed E-state index contributed by atoms with van der Waals surface area (Å²) in [5.74, 6) is 0.545. The van der Waals surface area contributed by atoms with Crippen molar-refractivity contribution in [1.82, 2.24) is 4.90 Å². The number of hydrogen-bond acceptors (Lipinski definition) is 3. The van der Waals surface area contributed by atoms with Gasteiger partial charge in [-0.05, 0) is 25.3 Å². The van der Waals surface area contributed by atoms with Gasteiger partial charge in [0.05, 0.1) is 7.11 Å². The molecule has 1 fully saturated rings. The Morgan fingerprint density at radius 3 is 2.85 bits per heavy atom. The Bertz CT molecular complexity index is 180. The van der Waals surface area contributed by atoms with Crippen LogP contribution in [-0.4, -0.2) is 37.1 Å². The SMILES string of the molecule is COC(=O)[C@H]1CCCN1CC(C)C. The first-order valence-corrected chi connectivity index (χ1v) is 4.97. The van der Waals surface area contributed by atoms with E-state index in [1.807, 2.05) is 0 Å². The van der Waals surface area contributed by atoms with E-state index in [4.69, 9.17) is 4.74 Å². The van der Waals surface area contributed by atoms with Gasteiger partial charge in [-0.15, -0.1) is 0 Å². The summed E-state index contributed by atoms with van der Waals surface area (Å²) in [6.07, 6.45) is 2.08. The number of rotatable bonds is 3. The molecule has 0 N–H and O–H groups in total. The van der Waals surface area contributed by atoms with E-state index in [1.54, 1.807) is 0 Å². The zero-order chi connectivity index (χ0) is 9.84. The molecule has 1 rings (SSSR count). The summed E-state index contributed by atoms with van der Waals surface area (Å²) in [4.78, 5) is 13.6. The highest BCUT2D eigenvalue weighted by atomic mass is 16.5. The molecule has 0 amide bonds. The van der Waals surface area contributed by atoms with Gasteiger partial charge in [0.15, 0.2) is 0 Å². The Morgan fingerprint density at radius 1 is 1.62 bits per heavy atom. The van der Waals surface area contributed by atoms with Crippen molar-refractivity contribution < 1.29 is 9.53 Å². The largest absolute Gasteiger partial charge is 0.468 e. The van der Waals surface area contributed by atoms with E-state index in [-0.39, 0.29) is 12.0 Å². The van der Waals surface area contributed by atoms with Crippen molar-refractivity contribution in [3.05, 3.63) is 0 Å². The van der Waals surface area contributed by atoms with Crippen molar-refractivity contribution in [2.75, 3.05) is 20.2 Å². The van der Waals surface area contributed by atoms with E-state index >= 15 is 0 Å². The van der Waals surface area contributed by atoms with Crippen molar-refractivity contribution in [2.24, 2.45) is 5.92 Å². The number of hydrogen-bond donors (Lipinski definition) is 0. The molecule has 1 aliphatic rings. The van der Waals surface area contributed by atoms with Crippen LogP contribution in [0.3, 0.4) is 0 Å². The maximum absolute atomic E-state index is 11.3. The van der Waals surface area contributed by atoms with Crippen LogP contribution >= 0.6 is 0 Å². The van der Waals surface area contributed by atoms with Crippen LogP contribution in [0.5, 0.6) is 0 Å². The lowest BCUT2D eigenvalue weighted by Gasteiger charge is -2.23. The van der Waals surface area contributed by atoms with E-state index in [1.165, 1.54) is 7.11 Å². The number of carbonyl (C=O) groups is 1. The van der Waals surface area contributed by atoms with Gasteiger partial charge in [-0.25, -0.2) is 0 Å². The summed E-state index contributed by atoms with van der Waals surface area (Å²) >= 11 is 0. The lowest BCUT2D eigenvalue weighted by Crippen LogP contribution is -2.38. The van der Waals surface area contributed by atoms with Crippen LogP contribution in [0.25, 0.3) is 0 Å². The van der Waals surface area contributed by atoms with Gasteiger partial charge in [0.25, 0.3) is 0 Å². The molecule has 0 aliphatic carbocycles. The summed E-state index contributed by atoms with van der Waals surface area (Å²) in [6.45, 7) is 6.39. The highest BCUT2D eigenvalue weighted by molar-refractivity contribution is 5.75. The van der Waals surface area contributed by atoms with Crippen LogP contribution in [0.4, 0.5) is 0 Å². The molecular formula is C10H19NO2. The minimum absolute atomic E-state index is 0.0207. The summed E-state index contributed by atoms with van der Waals surface area (Å²) < 4.78 is 4.77. The minimum Gasteiger partial charge on any atom is -0.468 e. The Labute approximate surface area is 80.1 Å². The van der Waals surface area contributed by atoms with Gasteiger partial charge in [-0.2, -0.15) is 0 Å². The molecule has 0 aromatic rings. The number of carbonyl (C=O) groups excluding carboxylic acids is 1. The average molecular weight is 185 g/mol. The maximum atomic E-state index is 11.3. The first-order valence-electron chi connectivity index (χ1n) is 4.97. The van der Waals surface area contributed by atoms with E-state index < -0.39 is 0 Å². The molecule has 0 spiro atoms. The van der Waals surface area contributed by atoms with Gasteiger partial charge in [-0.3, -0.25) is 9.69 Å². The van der Waals surface area contributed by atoms with Crippen molar-refractivity contribution in [3.8, 4) is 0 Å². The second kappa shape index (κ2) is 4.61. The molecule has 0 radical (unpaired) electrons. The highest BCUT2D eigenvalue weighted by Crippen LogP contribution is 2.19. The van der Waals surface area contributed by atoms with Crippen molar-refractivity contribution in [2.45, 2.75) is 32.7 Å². The first-order chi connectivity index (χ1) is 6.15. The topological polar surface area (TPSA) is 29.5 Å². The Balaban J connectivity index is 2.48. The van der Waals surface area contributed by atoms with E-state index in [9.17, 15) is 4.79 Å². The van der Waals surface area contributed by atoms with Crippen LogP contribution < -0.4 is 0 Å². The lowest BCUT2D eigenvalue weighted by atomic mass is 10.2. The average Bonchev–Trinajstić information content (AvgIpc) is 2.50. The third-order valence-electron chi connectivity index (χ3n) is 2.44. The molecule has 1 heterocycles.